The van der Waals surface area contributed by atoms with Crippen LogP contribution in [0, 0.1) is 0 Å². The zero-order valence-electron chi connectivity index (χ0n) is 14.4. The Bertz CT molecular complexity index is 1080. The van der Waals surface area contributed by atoms with Crippen molar-refractivity contribution in [3.63, 3.8) is 0 Å². The van der Waals surface area contributed by atoms with Gasteiger partial charge in [-0.15, -0.1) is 0 Å². The fourth-order valence-electron chi connectivity index (χ4n) is 2.74. The van der Waals surface area contributed by atoms with Crippen molar-refractivity contribution < 1.29 is 18.5 Å². The second kappa shape index (κ2) is 7.17. The lowest BCUT2D eigenvalue weighted by Crippen LogP contribution is -2.23. The van der Waals surface area contributed by atoms with Crippen molar-refractivity contribution in [3.05, 3.63) is 70.9 Å². The van der Waals surface area contributed by atoms with E-state index in [1.165, 1.54) is 7.11 Å². The maximum atomic E-state index is 12.4. The summed E-state index contributed by atoms with van der Waals surface area (Å²) in [6.45, 7) is 0.193. The standard InChI is InChI=1S/C20H15ClN2O4/c1-25-17-7-6-13(21)9-15(17)20(24)22-11-14-10-19(27-23-14)18-8-12-4-2-3-5-16(12)26-18/h2-10H,11H2,1H3,(H,22,24). The van der Waals surface area contributed by atoms with Gasteiger partial charge in [-0.1, -0.05) is 35.0 Å². The number of nitrogens with zero attached hydrogens (tertiary/aromatic N) is 1. The minimum absolute atomic E-state index is 0.193. The number of hydrogen-bond donors (Lipinski definition) is 1. The third-order valence-corrected chi connectivity index (χ3v) is 4.30. The summed E-state index contributed by atoms with van der Waals surface area (Å²) in [6.07, 6.45) is 0. The van der Waals surface area contributed by atoms with Gasteiger partial charge in [0.25, 0.3) is 5.91 Å². The molecule has 0 aliphatic heterocycles. The Labute approximate surface area is 159 Å². The Morgan fingerprint density at radius 1 is 1.15 bits per heavy atom. The summed E-state index contributed by atoms with van der Waals surface area (Å²) < 4.78 is 16.3. The summed E-state index contributed by atoms with van der Waals surface area (Å²) in [5.74, 6) is 1.20. The van der Waals surface area contributed by atoms with Crippen LogP contribution < -0.4 is 10.1 Å². The Kier molecular flexibility index (Phi) is 4.56. The minimum atomic E-state index is -0.317. The highest BCUT2D eigenvalue weighted by atomic mass is 35.5. The van der Waals surface area contributed by atoms with Gasteiger partial charge in [0.15, 0.2) is 5.76 Å². The number of rotatable bonds is 5. The van der Waals surface area contributed by atoms with E-state index < -0.39 is 0 Å². The molecule has 0 fully saturated rings. The van der Waals surface area contributed by atoms with Gasteiger partial charge < -0.3 is 19.0 Å². The highest BCUT2D eigenvalue weighted by molar-refractivity contribution is 6.31. The molecule has 0 spiro atoms. The van der Waals surface area contributed by atoms with Crippen LogP contribution in [0.5, 0.6) is 5.75 Å². The number of amides is 1. The van der Waals surface area contributed by atoms with E-state index in [9.17, 15) is 4.79 Å². The molecule has 136 valence electrons. The third-order valence-electron chi connectivity index (χ3n) is 4.06. The smallest absolute Gasteiger partial charge is 0.255 e. The van der Waals surface area contributed by atoms with E-state index in [1.54, 1.807) is 24.3 Å². The average molecular weight is 383 g/mol. The van der Waals surface area contributed by atoms with Gasteiger partial charge >= 0.3 is 0 Å². The molecule has 0 saturated heterocycles. The molecule has 0 aliphatic carbocycles. The van der Waals surface area contributed by atoms with Gasteiger partial charge in [-0.3, -0.25) is 4.79 Å². The molecule has 4 rings (SSSR count). The molecular formula is C20H15ClN2O4. The number of hydrogen-bond acceptors (Lipinski definition) is 5. The first-order valence-electron chi connectivity index (χ1n) is 8.20. The van der Waals surface area contributed by atoms with Crippen LogP contribution in [0.2, 0.25) is 5.02 Å². The van der Waals surface area contributed by atoms with Gasteiger partial charge in [0.1, 0.15) is 17.0 Å². The number of para-hydroxylation sites is 1. The van der Waals surface area contributed by atoms with Crippen LogP contribution in [0.1, 0.15) is 16.1 Å². The summed E-state index contributed by atoms with van der Waals surface area (Å²) >= 11 is 5.97. The van der Waals surface area contributed by atoms with Gasteiger partial charge in [0.2, 0.25) is 5.76 Å². The van der Waals surface area contributed by atoms with Crippen molar-refractivity contribution in [3.8, 4) is 17.3 Å². The fourth-order valence-corrected chi connectivity index (χ4v) is 2.91. The number of carbonyl (C=O) groups is 1. The van der Waals surface area contributed by atoms with Crippen molar-refractivity contribution in [1.29, 1.82) is 0 Å². The maximum absolute atomic E-state index is 12.4. The number of benzene rings is 2. The van der Waals surface area contributed by atoms with Crippen LogP contribution in [0.3, 0.4) is 0 Å². The molecule has 27 heavy (non-hydrogen) atoms. The second-order valence-electron chi connectivity index (χ2n) is 5.86. The number of fused-ring (bicyclic) bond motifs is 1. The average Bonchev–Trinajstić information content (AvgIpc) is 3.32. The van der Waals surface area contributed by atoms with E-state index in [4.69, 9.17) is 25.3 Å². The topological polar surface area (TPSA) is 77.5 Å². The summed E-state index contributed by atoms with van der Waals surface area (Å²) in [4.78, 5) is 12.4. The molecule has 4 aromatic rings. The van der Waals surface area contributed by atoms with Crippen LogP contribution >= 0.6 is 11.6 Å². The third kappa shape index (κ3) is 3.52. The molecule has 1 N–H and O–H groups in total. The first-order chi connectivity index (χ1) is 13.1. The van der Waals surface area contributed by atoms with E-state index in [1.807, 2.05) is 30.3 Å². The molecule has 0 bridgehead atoms. The van der Waals surface area contributed by atoms with E-state index in [0.29, 0.717) is 33.6 Å². The number of methoxy groups -OCH3 is 1. The van der Waals surface area contributed by atoms with Gasteiger partial charge in [-0.2, -0.15) is 0 Å². The summed E-state index contributed by atoms with van der Waals surface area (Å²) in [7, 11) is 1.50. The second-order valence-corrected chi connectivity index (χ2v) is 6.29. The SMILES string of the molecule is COc1ccc(Cl)cc1C(=O)NCc1cc(-c2cc3ccccc3o2)on1. The lowest BCUT2D eigenvalue weighted by molar-refractivity contribution is 0.0947. The first-order valence-corrected chi connectivity index (χ1v) is 8.58. The Balaban J connectivity index is 1.48. The first kappa shape index (κ1) is 17.2. The quantitative estimate of drug-likeness (QED) is 0.542. The van der Waals surface area contributed by atoms with Crippen LogP contribution in [0.4, 0.5) is 0 Å². The fraction of sp³-hybridized carbons (Fsp3) is 0.100. The van der Waals surface area contributed by atoms with E-state index in [-0.39, 0.29) is 12.5 Å². The molecular weight excluding hydrogens is 368 g/mol. The van der Waals surface area contributed by atoms with Crippen molar-refractivity contribution >= 4 is 28.5 Å². The molecule has 6 nitrogen and oxygen atoms in total. The van der Waals surface area contributed by atoms with E-state index in [0.717, 1.165) is 11.0 Å². The summed E-state index contributed by atoms with van der Waals surface area (Å²) in [5.41, 5.74) is 1.69. The number of carbonyl (C=O) groups excluding carboxylic acids is 1. The van der Waals surface area contributed by atoms with Gasteiger partial charge in [-0.25, -0.2) is 0 Å². The van der Waals surface area contributed by atoms with Crippen LogP contribution in [-0.4, -0.2) is 18.2 Å². The molecule has 2 aromatic carbocycles. The summed E-state index contributed by atoms with van der Waals surface area (Å²) in [5, 5.41) is 8.19. The highest BCUT2D eigenvalue weighted by Crippen LogP contribution is 2.28. The van der Waals surface area contributed by atoms with Crippen LogP contribution in [0.15, 0.2) is 63.5 Å². The predicted octanol–water partition coefficient (Wildman–Crippen LogP) is 4.68. The molecule has 0 unspecified atom stereocenters. The zero-order valence-corrected chi connectivity index (χ0v) is 15.1. The molecule has 0 saturated carbocycles. The largest absolute Gasteiger partial charge is 0.496 e. The number of ether oxygens (including phenoxy) is 1. The zero-order chi connectivity index (χ0) is 18.8. The Morgan fingerprint density at radius 3 is 2.81 bits per heavy atom. The maximum Gasteiger partial charge on any atom is 0.255 e. The molecule has 0 aliphatic rings. The molecule has 1 amide bonds. The number of nitrogens with one attached hydrogen (secondary N) is 1. The monoisotopic (exact) mass is 382 g/mol. The van der Waals surface area contributed by atoms with Gasteiger partial charge in [-0.05, 0) is 30.3 Å². The Hall–Kier alpha value is -3.25. The van der Waals surface area contributed by atoms with E-state index in [2.05, 4.69) is 10.5 Å². The molecule has 0 atom stereocenters. The van der Waals surface area contributed by atoms with Crippen molar-refractivity contribution in [2.75, 3.05) is 7.11 Å². The Morgan fingerprint density at radius 2 is 2.00 bits per heavy atom. The summed E-state index contributed by atoms with van der Waals surface area (Å²) in [6, 6.07) is 16.2. The lowest BCUT2D eigenvalue weighted by Gasteiger charge is -2.08. The van der Waals surface area contributed by atoms with Crippen molar-refractivity contribution in [2.24, 2.45) is 0 Å². The van der Waals surface area contributed by atoms with Gasteiger partial charge in [0.05, 0.1) is 19.2 Å². The molecule has 7 heteroatoms. The lowest BCUT2D eigenvalue weighted by atomic mass is 10.2. The van der Waals surface area contributed by atoms with Crippen molar-refractivity contribution in [1.82, 2.24) is 10.5 Å². The molecule has 2 heterocycles. The van der Waals surface area contributed by atoms with Crippen LogP contribution in [0.25, 0.3) is 22.5 Å². The van der Waals surface area contributed by atoms with Crippen molar-refractivity contribution in [2.45, 2.75) is 6.54 Å². The minimum Gasteiger partial charge on any atom is -0.496 e. The number of aromatic nitrogens is 1. The highest BCUT2D eigenvalue weighted by Gasteiger charge is 2.15. The molecule has 2 aromatic heterocycles. The number of halogens is 1. The predicted molar refractivity (Wildman–Crippen MR) is 101 cm³/mol. The van der Waals surface area contributed by atoms with Gasteiger partial charge in [0, 0.05) is 16.5 Å². The van der Waals surface area contributed by atoms with Crippen LogP contribution in [-0.2, 0) is 6.54 Å². The molecule has 0 radical (unpaired) electrons. The normalized spacial score (nSPS) is 10.9. The number of furan rings is 1. The van der Waals surface area contributed by atoms with E-state index >= 15 is 0 Å².